The molecular weight excluding hydrogens is 372 g/mol. The van der Waals surface area contributed by atoms with Crippen LogP contribution < -0.4 is 5.32 Å². The molecule has 0 unspecified atom stereocenters. The summed E-state index contributed by atoms with van der Waals surface area (Å²) in [5.41, 5.74) is 5.55. The number of hydrogen-bond acceptors (Lipinski definition) is 2. The molecule has 1 aromatic carbocycles. The summed E-state index contributed by atoms with van der Waals surface area (Å²) in [5, 5.41) is 4.75. The third-order valence-corrected chi connectivity index (χ3v) is 7.18. The average Bonchev–Trinajstić information content (AvgIpc) is 3.04. The maximum absolute atomic E-state index is 12.7. The Morgan fingerprint density at radius 1 is 1.30 bits per heavy atom. The highest BCUT2D eigenvalue weighted by atomic mass is 16.2. The first-order valence-electron chi connectivity index (χ1n) is 11.6. The quantitative estimate of drug-likeness (QED) is 0.767. The lowest BCUT2D eigenvalue weighted by Gasteiger charge is -2.46. The van der Waals surface area contributed by atoms with Crippen molar-refractivity contribution in [2.24, 2.45) is 0 Å². The first-order valence-corrected chi connectivity index (χ1v) is 11.6. The minimum absolute atomic E-state index is 0.0644. The molecular formula is C25H36N4O. The lowest BCUT2D eigenvalue weighted by atomic mass is 9.73. The van der Waals surface area contributed by atoms with E-state index in [1.54, 1.807) is 0 Å². The van der Waals surface area contributed by atoms with Crippen LogP contribution in [0.1, 0.15) is 56.4 Å². The van der Waals surface area contributed by atoms with Gasteiger partial charge in [-0.2, -0.15) is 0 Å². The third-order valence-electron chi connectivity index (χ3n) is 7.18. The molecule has 1 aliphatic carbocycles. The normalized spacial score (nSPS) is 23.3. The van der Waals surface area contributed by atoms with Crippen molar-refractivity contribution in [3.8, 4) is 0 Å². The average molecular weight is 409 g/mol. The van der Waals surface area contributed by atoms with Gasteiger partial charge in [-0.1, -0.05) is 25.6 Å². The van der Waals surface area contributed by atoms with Gasteiger partial charge in [0.25, 0.3) is 0 Å². The maximum atomic E-state index is 12.7. The van der Waals surface area contributed by atoms with Crippen LogP contribution in [0, 0.1) is 0 Å². The molecule has 0 spiro atoms. The number of likely N-dealkylation sites (N-methyl/N-ethyl adjacent to an activating group) is 1. The van der Waals surface area contributed by atoms with Gasteiger partial charge >= 0.3 is 6.03 Å². The number of urea groups is 1. The zero-order valence-corrected chi connectivity index (χ0v) is 18.9. The van der Waals surface area contributed by atoms with E-state index < -0.39 is 0 Å². The lowest BCUT2D eigenvalue weighted by Crippen LogP contribution is -2.56. The van der Waals surface area contributed by atoms with Crippen molar-refractivity contribution in [1.29, 1.82) is 0 Å². The van der Waals surface area contributed by atoms with E-state index in [1.807, 2.05) is 24.8 Å². The summed E-state index contributed by atoms with van der Waals surface area (Å²) in [6, 6.07) is 7.50. The molecule has 1 N–H and O–H groups in total. The molecule has 162 valence electrons. The number of hydrogen-bond donors (Lipinski definition) is 1. The molecule has 2 aromatic rings. The van der Waals surface area contributed by atoms with Crippen LogP contribution in [0.4, 0.5) is 4.79 Å². The first-order chi connectivity index (χ1) is 14.5. The predicted octanol–water partition coefficient (Wildman–Crippen LogP) is 4.46. The Morgan fingerprint density at radius 2 is 2.07 bits per heavy atom. The Balaban J connectivity index is 1.70. The van der Waals surface area contributed by atoms with Crippen molar-refractivity contribution in [3.05, 3.63) is 41.6 Å². The number of likely N-dealkylation sites (tertiary alicyclic amines) is 1. The molecule has 2 aliphatic rings. The summed E-state index contributed by atoms with van der Waals surface area (Å²) < 4.78 is 2.46. The fraction of sp³-hybridized carbons (Fsp3) is 0.560. The summed E-state index contributed by atoms with van der Waals surface area (Å²) in [6.45, 7) is 13.9. The molecule has 3 atom stereocenters. The van der Waals surface area contributed by atoms with Crippen molar-refractivity contribution in [1.82, 2.24) is 19.7 Å². The van der Waals surface area contributed by atoms with Gasteiger partial charge in [0.1, 0.15) is 0 Å². The summed E-state index contributed by atoms with van der Waals surface area (Å²) in [5.74, 6) is 0.442. The van der Waals surface area contributed by atoms with Gasteiger partial charge in [0.2, 0.25) is 0 Å². The lowest BCUT2D eigenvalue weighted by molar-refractivity contribution is 0.124. The van der Waals surface area contributed by atoms with Crippen LogP contribution in [0.25, 0.3) is 17.0 Å². The van der Waals surface area contributed by atoms with Crippen LogP contribution in [0.2, 0.25) is 0 Å². The van der Waals surface area contributed by atoms with E-state index in [9.17, 15) is 4.79 Å². The number of benzene rings is 1. The summed E-state index contributed by atoms with van der Waals surface area (Å²) in [7, 11) is 2.22. The molecule has 4 rings (SSSR count). The number of nitrogens with one attached hydrogen (secondary N) is 1. The number of carbonyl (C=O) groups is 1. The van der Waals surface area contributed by atoms with Crippen molar-refractivity contribution < 1.29 is 4.79 Å². The largest absolute Gasteiger partial charge is 0.341 e. The molecule has 0 bridgehead atoms. The van der Waals surface area contributed by atoms with Gasteiger partial charge in [-0.15, -0.1) is 0 Å². The van der Waals surface area contributed by atoms with Crippen molar-refractivity contribution >= 4 is 23.0 Å². The highest BCUT2D eigenvalue weighted by Crippen LogP contribution is 2.45. The monoisotopic (exact) mass is 408 g/mol. The zero-order chi connectivity index (χ0) is 21.4. The Morgan fingerprint density at radius 3 is 2.73 bits per heavy atom. The molecule has 5 heteroatoms. The molecule has 1 aromatic heterocycles. The van der Waals surface area contributed by atoms with E-state index in [0.717, 1.165) is 45.4 Å². The second-order valence-corrected chi connectivity index (χ2v) is 8.83. The van der Waals surface area contributed by atoms with E-state index in [4.69, 9.17) is 0 Å². The predicted molar refractivity (Wildman–Crippen MR) is 125 cm³/mol. The number of nitrogens with zero attached hydrogens (tertiary/aromatic N) is 3. The number of aryl methyl sites for hydroxylation is 1. The topological polar surface area (TPSA) is 40.5 Å². The van der Waals surface area contributed by atoms with Gasteiger partial charge in [-0.25, -0.2) is 4.79 Å². The number of amides is 2. The van der Waals surface area contributed by atoms with Crippen molar-refractivity contribution in [3.63, 3.8) is 0 Å². The minimum Gasteiger partial charge on any atom is -0.341 e. The third kappa shape index (κ3) is 3.33. The fourth-order valence-electron chi connectivity index (χ4n) is 5.80. The molecule has 0 radical (unpaired) electrons. The van der Waals surface area contributed by atoms with Gasteiger partial charge < -0.3 is 19.7 Å². The number of aromatic nitrogens is 1. The Hall–Kier alpha value is -2.27. The second-order valence-electron chi connectivity index (χ2n) is 8.83. The smallest absolute Gasteiger partial charge is 0.317 e. The van der Waals surface area contributed by atoms with Crippen LogP contribution in [0.5, 0.6) is 0 Å². The van der Waals surface area contributed by atoms with Gasteiger partial charge in [0.05, 0.1) is 0 Å². The van der Waals surface area contributed by atoms with Crippen LogP contribution in [0.15, 0.2) is 24.8 Å². The van der Waals surface area contributed by atoms with Gasteiger partial charge in [0.15, 0.2) is 0 Å². The molecule has 5 nitrogen and oxygen atoms in total. The maximum Gasteiger partial charge on any atom is 0.317 e. The van der Waals surface area contributed by atoms with Crippen LogP contribution >= 0.6 is 0 Å². The molecule has 30 heavy (non-hydrogen) atoms. The standard InChI is InChI=1S/C25H36N4O/c1-6-13-29-21(7-2)20-15-23-19(18-11-10-12-22(29)24(18)20)14-17(16-27(23)5)26-25(30)28(8-3)9-4/h7,10-12,17,19,23H,2,6,8-9,13-16H2,1,3-5H3,(H,26,30)/t17-,19+,23+/m0/s1. The van der Waals surface area contributed by atoms with E-state index in [2.05, 4.69) is 53.5 Å². The molecule has 1 fully saturated rings. The Labute approximate surface area is 180 Å². The summed E-state index contributed by atoms with van der Waals surface area (Å²) >= 11 is 0. The van der Waals surface area contributed by atoms with E-state index in [1.165, 1.54) is 27.7 Å². The van der Waals surface area contributed by atoms with Crippen LogP contribution in [-0.4, -0.2) is 59.2 Å². The number of piperidine rings is 1. The van der Waals surface area contributed by atoms with Crippen LogP contribution in [0.3, 0.4) is 0 Å². The SMILES string of the molecule is C=Cc1c2c3c(cccc3n1CCC)[C@H]1C[C@H](NC(=O)N(CC)CC)CN(C)[C@@H]1C2. The minimum atomic E-state index is 0.0644. The second kappa shape index (κ2) is 8.46. The molecule has 1 saturated heterocycles. The van der Waals surface area contributed by atoms with Crippen molar-refractivity contribution in [2.45, 2.75) is 64.6 Å². The Kier molecular flexibility index (Phi) is 5.92. The van der Waals surface area contributed by atoms with E-state index in [0.29, 0.717) is 12.0 Å². The summed E-state index contributed by atoms with van der Waals surface area (Å²) in [4.78, 5) is 17.0. The van der Waals surface area contributed by atoms with E-state index in [-0.39, 0.29) is 12.1 Å². The van der Waals surface area contributed by atoms with E-state index >= 15 is 0 Å². The van der Waals surface area contributed by atoms with Gasteiger partial charge in [-0.3, -0.25) is 0 Å². The molecule has 2 heterocycles. The van der Waals surface area contributed by atoms with Gasteiger partial charge in [0, 0.05) is 60.8 Å². The van der Waals surface area contributed by atoms with Gasteiger partial charge in [-0.05, 0) is 63.4 Å². The summed E-state index contributed by atoms with van der Waals surface area (Å²) in [6.07, 6.45) is 5.22. The highest BCUT2D eigenvalue weighted by Gasteiger charge is 2.41. The highest BCUT2D eigenvalue weighted by molar-refractivity contribution is 5.92. The molecule has 2 amide bonds. The fourth-order valence-corrected chi connectivity index (χ4v) is 5.80. The zero-order valence-electron chi connectivity index (χ0n) is 18.9. The number of fused-ring (bicyclic) bond motifs is 2. The van der Waals surface area contributed by atoms with Crippen LogP contribution in [-0.2, 0) is 13.0 Å². The Bertz CT molecular complexity index is 942. The molecule has 0 saturated carbocycles. The first kappa shape index (κ1) is 21.0. The number of rotatable bonds is 6. The number of carbonyl (C=O) groups excluding carboxylic acids is 1. The van der Waals surface area contributed by atoms with Crippen molar-refractivity contribution in [2.75, 3.05) is 26.7 Å². The molecule has 1 aliphatic heterocycles.